The molecule has 9 heteroatoms. The summed E-state index contributed by atoms with van der Waals surface area (Å²) in [6.45, 7) is 2.96. The number of esters is 1. The highest BCUT2D eigenvalue weighted by Gasteiger charge is 2.38. The van der Waals surface area contributed by atoms with Crippen molar-refractivity contribution in [2.45, 2.75) is 20.0 Å². The highest BCUT2D eigenvalue weighted by atomic mass is 19.4. The summed E-state index contributed by atoms with van der Waals surface area (Å²) in [6, 6.07) is 1.45. The average molecular weight is 291 g/mol. The lowest BCUT2D eigenvalue weighted by Gasteiger charge is -2.08. The smallest absolute Gasteiger partial charge is 0.449 e. The fraction of sp³-hybridized carbons (Fsp3) is 0.364. The number of carbonyl (C=O) groups excluding carboxylic acids is 1. The normalized spacial score (nSPS) is 13.4. The molecule has 0 saturated heterocycles. The minimum atomic E-state index is -5.07. The van der Waals surface area contributed by atoms with Gasteiger partial charge in [-0.3, -0.25) is 5.10 Å². The van der Waals surface area contributed by atoms with E-state index in [-0.39, 0.29) is 12.4 Å². The maximum Gasteiger partial charge on any atom is 0.449 e. The van der Waals surface area contributed by atoms with Crippen LogP contribution in [0.3, 0.4) is 0 Å². The van der Waals surface area contributed by atoms with Crippen molar-refractivity contribution in [1.82, 2.24) is 10.2 Å². The van der Waals surface area contributed by atoms with Crippen LogP contribution in [-0.4, -0.2) is 40.3 Å². The summed E-state index contributed by atoms with van der Waals surface area (Å²) in [5, 5.41) is 15.2. The Labute approximate surface area is 112 Å². The number of aliphatic hydroxyl groups excluding tert-OH is 1. The lowest BCUT2D eigenvalue weighted by Crippen LogP contribution is -2.20. The molecule has 0 spiro atoms. The van der Waals surface area contributed by atoms with Gasteiger partial charge in [0.25, 0.3) is 0 Å². The summed E-state index contributed by atoms with van der Waals surface area (Å²) in [7, 11) is 0. The number of aromatic nitrogens is 2. The van der Waals surface area contributed by atoms with Crippen LogP contribution in [0.25, 0.3) is 0 Å². The fourth-order valence-electron chi connectivity index (χ4n) is 1.17. The molecule has 0 atom stereocenters. The van der Waals surface area contributed by atoms with E-state index in [0.29, 0.717) is 11.9 Å². The monoisotopic (exact) mass is 291 g/mol. The third kappa shape index (κ3) is 4.11. The van der Waals surface area contributed by atoms with Gasteiger partial charge < -0.3 is 9.84 Å². The van der Waals surface area contributed by atoms with Crippen LogP contribution >= 0.6 is 0 Å². The first-order valence-electron chi connectivity index (χ1n) is 5.49. The van der Waals surface area contributed by atoms with Crippen LogP contribution < -0.4 is 0 Å². The van der Waals surface area contributed by atoms with Crippen molar-refractivity contribution in [1.29, 1.82) is 0 Å². The molecule has 6 nitrogen and oxygen atoms in total. The van der Waals surface area contributed by atoms with Gasteiger partial charge in [-0.1, -0.05) is 0 Å². The maximum absolute atomic E-state index is 12.4. The van der Waals surface area contributed by atoms with Gasteiger partial charge in [-0.2, -0.15) is 18.3 Å². The molecule has 0 unspecified atom stereocenters. The highest BCUT2D eigenvalue weighted by Crippen LogP contribution is 2.26. The van der Waals surface area contributed by atoms with E-state index in [0.717, 1.165) is 0 Å². The van der Waals surface area contributed by atoms with E-state index in [1.165, 1.54) is 13.0 Å². The molecule has 0 aliphatic rings. The van der Waals surface area contributed by atoms with Gasteiger partial charge in [0.15, 0.2) is 5.82 Å². The van der Waals surface area contributed by atoms with Gasteiger partial charge in [-0.25, -0.2) is 9.79 Å². The lowest BCUT2D eigenvalue weighted by molar-refractivity contribution is -0.141. The molecular weight excluding hydrogens is 279 g/mol. The number of rotatable bonds is 4. The van der Waals surface area contributed by atoms with Crippen molar-refractivity contribution in [3.8, 4) is 0 Å². The predicted molar refractivity (Wildman–Crippen MR) is 63.8 cm³/mol. The summed E-state index contributed by atoms with van der Waals surface area (Å²) >= 11 is 0. The van der Waals surface area contributed by atoms with E-state index in [2.05, 4.69) is 19.9 Å². The molecule has 0 aliphatic carbocycles. The largest absolute Gasteiger partial charge is 0.504 e. The van der Waals surface area contributed by atoms with Crippen molar-refractivity contribution >= 4 is 18.0 Å². The van der Waals surface area contributed by atoms with Gasteiger partial charge in [-0.05, 0) is 13.8 Å². The number of aliphatic hydroxyl groups is 1. The summed E-state index contributed by atoms with van der Waals surface area (Å²) < 4.78 is 41.7. The zero-order valence-corrected chi connectivity index (χ0v) is 10.7. The Hall–Kier alpha value is -2.32. The van der Waals surface area contributed by atoms with E-state index in [1.807, 2.05) is 0 Å². The van der Waals surface area contributed by atoms with Crippen molar-refractivity contribution < 1.29 is 27.8 Å². The number of halogens is 3. The van der Waals surface area contributed by atoms with E-state index in [9.17, 15) is 18.0 Å². The molecule has 0 bridgehead atoms. The molecule has 1 aromatic rings. The molecule has 0 aliphatic heterocycles. The number of aromatic amines is 1. The lowest BCUT2D eigenvalue weighted by atomic mass is 10.2. The standard InChI is InChI=1S/C11H12F3N3O3/c1-3-20-10(19)7(9(18)11(12,13)14)5-15-8-4-6(2)16-17-8/h4-5,18H,3H2,1-2H3,(H,16,17)/b9-7-,15-5?. The van der Waals surface area contributed by atoms with E-state index in [1.54, 1.807) is 6.92 Å². The van der Waals surface area contributed by atoms with Crippen LogP contribution in [0, 0.1) is 6.92 Å². The molecule has 110 valence electrons. The van der Waals surface area contributed by atoms with E-state index < -0.39 is 23.5 Å². The third-order valence-corrected chi connectivity index (χ3v) is 2.04. The quantitative estimate of drug-likeness (QED) is 0.386. The molecule has 1 aromatic heterocycles. The van der Waals surface area contributed by atoms with Gasteiger partial charge in [-0.15, -0.1) is 0 Å². The number of nitrogens with one attached hydrogen (secondary N) is 1. The van der Waals surface area contributed by atoms with Crippen molar-refractivity contribution in [3.05, 3.63) is 23.1 Å². The molecule has 1 heterocycles. The summed E-state index contributed by atoms with van der Waals surface area (Å²) in [5.74, 6) is -3.32. The number of H-pyrrole nitrogens is 1. The second kappa shape index (κ2) is 6.22. The second-order valence-electron chi connectivity index (χ2n) is 3.65. The molecule has 0 radical (unpaired) electrons. The number of carbonyl (C=O) groups is 1. The first-order chi connectivity index (χ1) is 9.25. The Kier molecular flexibility index (Phi) is 4.89. The fourth-order valence-corrected chi connectivity index (χ4v) is 1.17. The topological polar surface area (TPSA) is 87.6 Å². The number of alkyl halides is 3. The summed E-state index contributed by atoms with van der Waals surface area (Å²) in [4.78, 5) is 15.0. The van der Waals surface area contributed by atoms with Gasteiger partial charge in [0.2, 0.25) is 5.76 Å². The van der Waals surface area contributed by atoms with Gasteiger partial charge >= 0.3 is 12.1 Å². The average Bonchev–Trinajstić information content (AvgIpc) is 2.74. The van der Waals surface area contributed by atoms with Crippen LogP contribution in [0.1, 0.15) is 12.6 Å². The van der Waals surface area contributed by atoms with E-state index >= 15 is 0 Å². The Morgan fingerprint density at radius 2 is 2.25 bits per heavy atom. The first-order valence-corrected chi connectivity index (χ1v) is 5.49. The molecule has 1 rings (SSSR count). The van der Waals surface area contributed by atoms with E-state index in [4.69, 9.17) is 5.11 Å². The Morgan fingerprint density at radius 1 is 1.60 bits per heavy atom. The molecule has 0 saturated carbocycles. The van der Waals surface area contributed by atoms with Gasteiger partial charge in [0.05, 0.1) is 6.61 Å². The van der Waals surface area contributed by atoms with Crippen LogP contribution in [-0.2, 0) is 9.53 Å². The van der Waals surface area contributed by atoms with Gasteiger partial charge in [0, 0.05) is 18.0 Å². The maximum atomic E-state index is 12.4. The first kappa shape index (κ1) is 15.7. The molecule has 0 aromatic carbocycles. The number of ether oxygens (including phenoxy) is 1. The SMILES string of the molecule is CCOC(=O)/C(C=Nc1cc(C)[nH]n1)=C(\O)C(F)(F)F. The van der Waals surface area contributed by atoms with Crippen LogP contribution in [0.15, 0.2) is 22.4 Å². The number of aryl methyl sites for hydroxylation is 1. The zero-order chi connectivity index (χ0) is 15.3. The molecule has 0 amide bonds. The van der Waals surface area contributed by atoms with Crippen LogP contribution in [0.2, 0.25) is 0 Å². The Balaban J connectivity index is 3.12. The summed E-state index contributed by atoms with van der Waals surface area (Å²) in [5.41, 5.74) is -0.445. The molecular formula is C11H12F3N3O3. The number of hydrogen-bond acceptors (Lipinski definition) is 5. The number of nitrogens with zero attached hydrogens (tertiary/aromatic N) is 2. The van der Waals surface area contributed by atoms with Gasteiger partial charge in [0.1, 0.15) is 5.57 Å². The van der Waals surface area contributed by atoms with Crippen LogP contribution in [0.4, 0.5) is 19.0 Å². The molecule has 2 N–H and O–H groups in total. The number of allylic oxidation sites excluding steroid dienone is 1. The Morgan fingerprint density at radius 3 is 2.70 bits per heavy atom. The van der Waals surface area contributed by atoms with Crippen molar-refractivity contribution in [2.24, 2.45) is 4.99 Å². The predicted octanol–water partition coefficient (Wildman–Crippen LogP) is 2.36. The van der Waals surface area contributed by atoms with Crippen LogP contribution in [0.5, 0.6) is 0 Å². The molecule has 20 heavy (non-hydrogen) atoms. The minimum Gasteiger partial charge on any atom is -0.504 e. The second-order valence-corrected chi connectivity index (χ2v) is 3.65. The summed E-state index contributed by atoms with van der Waals surface area (Å²) in [6.07, 6.45) is -4.51. The third-order valence-electron chi connectivity index (χ3n) is 2.04. The zero-order valence-electron chi connectivity index (χ0n) is 10.7. The molecule has 0 fully saturated rings. The Bertz CT molecular complexity index is 547. The minimum absolute atomic E-state index is 0.0688. The number of aliphatic imine (C=N–C) groups is 1. The van der Waals surface area contributed by atoms with Crippen molar-refractivity contribution in [3.63, 3.8) is 0 Å². The highest BCUT2D eigenvalue weighted by molar-refractivity contribution is 6.10. The number of hydrogen-bond donors (Lipinski definition) is 2. The van der Waals surface area contributed by atoms with Crippen molar-refractivity contribution in [2.75, 3.05) is 6.61 Å².